The van der Waals surface area contributed by atoms with E-state index in [0.29, 0.717) is 4.21 Å². The van der Waals surface area contributed by atoms with Crippen LogP contribution < -0.4 is 4.72 Å². The molecule has 1 N–H and O–H groups in total. The Balaban J connectivity index is 2.10. The van der Waals surface area contributed by atoms with Crippen LogP contribution in [-0.2, 0) is 14.4 Å². The van der Waals surface area contributed by atoms with Gasteiger partial charge in [-0.05, 0) is 17.3 Å². The van der Waals surface area contributed by atoms with Crippen molar-refractivity contribution in [2.75, 3.05) is 7.11 Å². The lowest BCUT2D eigenvalue weighted by atomic mass is 9.92. The molecule has 2 aromatic rings. The van der Waals surface area contributed by atoms with E-state index in [1.807, 2.05) is 0 Å². The van der Waals surface area contributed by atoms with Crippen LogP contribution in [0.4, 0.5) is 0 Å². The van der Waals surface area contributed by atoms with E-state index in [4.69, 9.17) is 4.74 Å². The molecular weight excluding hydrogens is 334 g/mol. The number of hydrogen-bond acceptors (Lipinski definition) is 5. The molecule has 0 spiro atoms. The van der Waals surface area contributed by atoms with Crippen molar-refractivity contribution in [3.05, 3.63) is 64.4 Å². The summed E-state index contributed by atoms with van der Waals surface area (Å²) in [6, 6.07) is 9.85. The first-order chi connectivity index (χ1) is 11.0. The number of carbonyl (C=O) groups excluding carboxylic acids is 2. The number of Topliss-reactive ketones (excluding diaryl/α,β-unsaturated/α-hetero) is 2. The highest BCUT2D eigenvalue weighted by molar-refractivity contribution is 8.00. The Kier molecular flexibility index (Phi) is 3.83. The predicted octanol–water partition coefficient (Wildman–Crippen LogP) is 2.27. The topological polar surface area (TPSA) is 72.5 Å². The zero-order valence-corrected chi connectivity index (χ0v) is 13.8. The molecule has 0 bridgehead atoms. The molecule has 0 radical (unpaired) electrons. The highest BCUT2D eigenvalue weighted by Gasteiger charge is 2.34. The zero-order valence-electron chi connectivity index (χ0n) is 12.2. The van der Waals surface area contributed by atoms with Crippen LogP contribution in [0, 0.1) is 0 Å². The third-order valence-corrected chi connectivity index (χ3v) is 6.45. The van der Waals surface area contributed by atoms with E-state index in [9.17, 15) is 13.8 Å². The second-order valence-corrected chi connectivity index (χ2v) is 8.02. The van der Waals surface area contributed by atoms with E-state index in [1.54, 1.807) is 41.8 Å². The van der Waals surface area contributed by atoms with Crippen molar-refractivity contribution in [1.82, 2.24) is 4.72 Å². The van der Waals surface area contributed by atoms with Crippen LogP contribution in [0.25, 0.3) is 0 Å². The van der Waals surface area contributed by atoms with Crippen LogP contribution in [0.3, 0.4) is 0 Å². The van der Waals surface area contributed by atoms with E-state index < -0.39 is 21.3 Å². The molecule has 23 heavy (non-hydrogen) atoms. The first kappa shape index (κ1) is 15.5. The van der Waals surface area contributed by atoms with E-state index in [1.165, 1.54) is 18.4 Å². The smallest absolute Gasteiger partial charge is 0.230 e. The minimum absolute atomic E-state index is 0.121. The summed E-state index contributed by atoms with van der Waals surface area (Å²) in [5, 5.41) is 1.76. The number of methoxy groups -OCH3 is 1. The van der Waals surface area contributed by atoms with Gasteiger partial charge in [-0.1, -0.05) is 30.3 Å². The molecule has 1 heterocycles. The Morgan fingerprint density at radius 3 is 2.30 bits per heavy atom. The molecule has 1 atom stereocenters. The summed E-state index contributed by atoms with van der Waals surface area (Å²) in [5.74, 6) is 2.65. The summed E-state index contributed by atoms with van der Waals surface area (Å²) in [6.45, 7) is 0. The number of ketones is 2. The van der Waals surface area contributed by atoms with Crippen LogP contribution >= 0.6 is 11.3 Å². The third kappa shape index (κ3) is 2.58. The molecule has 0 aliphatic heterocycles. The highest BCUT2D eigenvalue weighted by Crippen LogP contribution is 2.27. The molecule has 1 aromatic carbocycles. The van der Waals surface area contributed by atoms with Crippen molar-refractivity contribution in [3.63, 3.8) is 0 Å². The second-order valence-electron chi connectivity index (χ2n) is 4.82. The van der Waals surface area contributed by atoms with Gasteiger partial charge < -0.3 is 9.46 Å². The SMILES string of the molecule is C=S(=O)(NC1=C(OC)C(=O)c2ccccc2C1=O)c1cccs1. The molecule has 1 aliphatic carbocycles. The predicted molar refractivity (Wildman–Crippen MR) is 90.1 cm³/mol. The van der Waals surface area contributed by atoms with Crippen molar-refractivity contribution in [3.8, 4) is 0 Å². The van der Waals surface area contributed by atoms with Gasteiger partial charge in [0.1, 0.15) is 9.91 Å². The number of ether oxygens (including phenoxy) is 1. The van der Waals surface area contributed by atoms with Gasteiger partial charge in [0, 0.05) is 11.1 Å². The molecule has 0 amide bonds. The summed E-state index contributed by atoms with van der Waals surface area (Å²) in [5.41, 5.74) is 0.401. The molecule has 118 valence electrons. The highest BCUT2D eigenvalue weighted by atomic mass is 32.2. The minimum Gasteiger partial charge on any atom is -0.491 e. The normalized spacial score (nSPS) is 16.7. The lowest BCUT2D eigenvalue weighted by Crippen LogP contribution is -2.34. The summed E-state index contributed by atoms with van der Waals surface area (Å²) in [7, 11) is -1.66. The maximum absolute atomic E-state index is 12.8. The Bertz CT molecular complexity index is 925. The molecule has 5 nitrogen and oxygen atoms in total. The van der Waals surface area contributed by atoms with Crippen molar-refractivity contribution in [2.45, 2.75) is 4.21 Å². The van der Waals surface area contributed by atoms with Crippen molar-refractivity contribution >= 4 is 38.5 Å². The Morgan fingerprint density at radius 1 is 1.09 bits per heavy atom. The molecule has 0 saturated heterocycles. The molecular formula is C16H13NO4S2. The Hall–Kier alpha value is -2.38. The van der Waals surface area contributed by atoms with Gasteiger partial charge in [-0.3, -0.25) is 9.59 Å². The average molecular weight is 347 g/mol. The van der Waals surface area contributed by atoms with Crippen LogP contribution in [-0.4, -0.2) is 28.8 Å². The van der Waals surface area contributed by atoms with E-state index >= 15 is 0 Å². The Labute approximate surface area is 137 Å². The Morgan fingerprint density at radius 2 is 1.74 bits per heavy atom. The fourth-order valence-corrected chi connectivity index (χ4v) is 4.58. The van der Waals surface area contributed by atoms with Crippen molar-refractivity contribution in [1.29, 1.82) is 0 Å². The van der Waals surface area contributed by atoms with Crippen LogP contribution in [0.5, 0.6) is 0 Å². The van der Waals surface area contributed by atoms with Gasteiger partial charge in [-0.25, -0.2) is 4.21 Å². The summed E-state index contributed by atoms with van der Waals surface area (Å²) >= 11 is 1.25. The second kappa shape index (κ2) is 5.68. The van der Waals surface area contributed by atoms with Gasteiger partial charge >= 0.3 is 0 Å². The van der Waals surface area contributed by atoms with Gasteiger partial charge in [0.05, 0.1) is 16.8 Å². The number of nitrogens with one attached hydrogen (secondary N) is 1. The van der Waals surface area contributed by atoms with Crippen molar-refractivity contribution in [2.24, 2.45) is 0 Å². The number of rotatable bonds is 4. The van der Waals surface area contributed by atoms with Crippen LogP contribution in [0.15, 0.2) is 57.4 Å². The molecule has 1 unspecified atom stereocenters. The van der Waals surface area contributed by atoms with E-state index in [0.717, 1.165) is 0 Å². The lowest BCUT2D eigenvalue weighted by molar-refractivity contribution is 0.0903. The first-order valence-corrected chi connectivity index (χ1v) is 9.21. The molecule has 3 rings (SSSR count). The fourth-order valence-electron chi connectivity index (χ4n) is 2.31. The molecule has 0 saturated carbocycles. The number of hydrogen-bond donors (Lipinski definition) is 1. The molecule has 0 fully saturated rings. The quantitative estimate of drug-likeness (QED) is 0.861. The number of carbonyl (C=O) groups is 2. The standard InChI is InChI=1S/C16H13NO4S2/c1-21-16-13(17-23(2,20)12-8-5-9-22-12)14(18)10-6-3-4-7-11(10)15(16)19/h3-9H,2H2,1H3,(H,17,20). The third-order valence-electron chi connectivity index (χ3n) is 3.37. The summed E-state index contributed by atoms with van der Waals surface area (Å²) < 4.78 is 21.0. The van der Waals surface area contributed by atoms with Gasteiger partial charge in [0.15, 0.2) is 5.76 Å². The van der Waals surface area contributed by atoms with E-state index in [-0.39, 0.29) is 22.6 Å². The summed E-state index contributed by atoms with van der Waals surface area (Å²) in [6.07, 6.45) is 0. The van der Waals surface area contributed by atoms with Gasteiger partial charge in [0.25, 0.3) is 0 Å². The van der Waals surface area contributed by atoms with Gasteiger partial charge in [0.2, 0.25) is 11.6 Å². The first-order valence-electron chi connectivity index (χ1n) is 6.61. The molecule has 1 aliphatic rings. The molecule has 1 aromatic heterocycles. The van der Waals surface area contributed by atoms with Crippen molar-refractivity contribution < 1.29 is 18.5 Å². The lowest BCUT2D eigenvalue weighted by Gasteiger charge is -2.22. The maximum atomic E-state index is 12.8. The largest absolute Gasteiger partial charge is 0.491 e. The monoisotopic (exact) mass is 347 g/mol. The van der Waals surface area contributed by atoms with Gasteiger partial charge in [-0.15, -0.1) is 11.3 Å². The number of benzene rings is 1. The number of thiophene rings is 1. The van der Waals surface area contributed by atoms with E-state index in [2.05, 4.69) is 10.6 Å². The van der Waals surface area contributed by atoms with Gasteiger partial charge in [-0.2, -0.15) is 0 Å². The molecule has 7 heteroatoms. The van der Waals surface area contributed by atoms with Crippen LogP contribution in [0.2, 0.25) is 0 Å². The number of allylic oxidation sites excluding steroid dienone is 2. The minimum atomic E-state index is -2.96. The summed E-state index contributed by atoms with van der Waals surface area (Å²) in [4.78, 5) is 25.2. The van der Waals surface area contributed by atoms with Crippen LogP contribution in [0.1, 0.15) is 20.7 Å². The maximum Gasteiger partial charge on any atom is 0.230 e. The zero-order chi connectivity index (χ0) is 16.6. The average Bonchev–Trinajstić information content (AvgIpc) is 3.08. The fraction of sp³-hybridized carbons (Fsp3) is 0.0625. The number of fused-ring (bicyclic) bond motifs is 1.